The summed E-state index contributed by atoms with van der Waals surface area (Å²) < 4.78 is 7.05. The highest BCUT2D eigenvalue weighted by Gasteiger charge is 2.44. The normalized spacial score (nSPS) is 26.8. The van der Waals surface area contributed by atoms with Gasteiger partial charge in [-0.2, -0.15) is 0 Å². The molecule has 0 saturated carbocycles. The molecule has 2 aromatic heterocycles. The second-order valence-corrected chi connectivity index (χ2v) is 4.95. The highest BCUT2D eigenvalue weighted by Crippen LogP contribution is 2.34. The maximum absolute atomic E-state index is 10.1. The molecular weight excluding hydrogens is 349 g/mol. The van der Waals surface area contributed by atoms with Gasteiger partial charge < -0.3 is 36.1 Å². The number of hydrogen-bond acceptors (Lipinski definition) is 8. The number of rotatable bonds is 3. The first-order valence-electron chi connectivity index (χ1n) is 6.51. The predicted octanol–water partition coefficient (Wildman–Crippen LogP) is -1.07. The molecular formula is C12H19Cl2N5O4. The molecule has 4 atom stereocenters. The van der Waals surface area contributed by atoms with Gasteiger partial charge in [0.05, 0.1) is 12.0 Å². The molecule has 0 amide bonds. The van der Waals surface area contributed by atoms with Crippen LogP contribution >= 0.6 is 24.8 Å². The zero-order valence-corrected chi connectivity index (χ0v) is 13.6. The fourth-order valence-corrected chi connectivity index (χ4v) is 2.65. The fourth-order valence-electron chi connectivity index (χ4n) is 2.65. The molecule has 0 aliphatic carbocycles. The number of aromatic nitrogens is 3. The summed E-state index contributed by atoms with van der Waals surface area (Å²) in [7, 11) is 0. The zero-order chi connectivity index (χ0) is 15.1. The van der Waals surface area contributed by atoms with E-state index in [1.54, 1.807) is 10.8 Å². The Bertz CT molecular complexity index is 670. The molecule has 2 aromatic rings. The third-order valence-corrected chi connectivity index (χ3v) is 3.73. The van der Waals surface area contributed by atoms with Gasteiger partial charge in [-0.15, -0.1) is 24.8 Å². The van der Waals surface area contributed by atoms with E-state index in [4.69, 9.17) is 21.3 Å². The Hall–Kier alpha value is -1.20. The van der Waals surface area contributed by atoms with Crippen molar-refractivity contribution in [1.29, 1.82) is 0 Å². The van der Waals surface area contributed by atoms with Crippen molar-refractivity contribution in [2.45, 2.75) is 31.1 Å². The number of nitrogen functional groups attached to an aromatic ring is 1. The van der Waals surface area contributed by atoms with Crippen LogP contribution in [-0.2, 0) is 11.3 Å². The topological polar surface area (TPSA) is 153 Å². The Morgan fingerprint density at radius 2 is 1.91 bits per heavy atom. The lowest BCUT2D eigenvalue weighted by molar-refractivity contribution is -0.0509. The summed E-state index contributed by atoms with van der Waals surface area (Å²) in [6.07, 6.45) is -1.15. The van der Waals surface area contributed by atoms with Gasteiger partial charge >= 0.3 is 0 Å². The molecule has 0 radical (unpaired) electrons. The Labute approximate surface area is 144 Å². The van der Waals surface area contributed by atoms with E-state index in [0.717, 1.165) is 0 Å². The number of fused-ring (bicyclic) bond motifs is 1. The minimum atomic E-state index is -1.19. The molecule has 3 heterocycles. The zero-order valence-electron chi connectivity index (χ0n) is 11.9. The molecule has 0 bridgehead atoms. The SMILES string of the molecule is Cl.Cl.NCc1cn([C@@H]2O[C@H](CO)[C@@H](O)[C@H]2O)c2ncnc(N)c12. The van der Waals surface area contributed by atoms with Crippen LogP contribution in [0, 0.1) is 0 Å². The Morgan fingerprint density at radius 3 is 2.48 bits per heavy atom. The Kier molecular flexibility index (Phi) is 6.54. The second-order valence-electron chi connectivity index (χ2n) is 4.95. The van der Waals surface area contributed by atoms with Crippen molar-refractivity contribution in [3.63, 3.8) is 0 Å². The minimum absolute atomic E-state index is 0. The van der Waals surface area contributed by atoms with Gasteiger partial charge in [0.1, 0.15) is 36.1 Å². The summed E-state index contributed by atoms with van der Waals surface area (Å²) in [5, 5.41) is 29.7. The van der Waals surface area contributed by atoms with Crippen LogP contribution in [0.2, 0.25) is 0 Å². The van der Waals surface area contributed by atoms with Crippen molar-refractivity contribution in [2.75, 3.05) is 12.3 Å². The molecule has 1 aliphatic heterocycles. The quantitative estimate of drug-likeness (QED) is 0.459. The first-order chi connectivity index (χ1) is 10.1. The summed E-state index contributed by atoms with van der Waals surface area (Å²) in [4.78, 5) is 8.07. The molecule has 1 aliphatic rings. The van der Waals surface area contributed by atoms with E-state index in [2.05, 4.69) is 9.97 Å². The average Bonchev–Trinajstić information content (AvgIpc) is 2.99. The number of ether oxygens (including phenoxy) is 1. The lowest BCUT2D eigenvalue weighted by atomic mass is 10.1. The van der Waals surface area contributed by atoms with Crippen molar-refractivity contribution in [2.24, 2.45) is 5.73 Å². The van der Waals surface area contributed by atoms with Gasteiger partial charge in [0.25, 0.3) is 0 Å². The van der Waals surface area contributed by atoms with E-state index in [-0.39, 0.29) is 37.2 Å². The number of aliphatic hydroxyl groups is 3. The molecule has 11 heteroatoms. The molecule has 0 unspecified atom stereocenters. The number of aliphatic hydroxyl groups excluding tert-OH is 3. The first kappa shape index (κ1) is 19.8. The summed E-state index contributed by atoms with van der Waals surface area (Å²) in [6, 6.07) is 0. The van der Waals surface area contributed by atoms with Crippen LogP contribution in [0.1, 0.15) is 11.8 Å². The third-order valence-electron chi connectivity index (χ3n) is 3.73. The van der Waals surface area contributed by atoms with E-state index in [9.17, 15) is 10.2 Å². The maximum atomic E-state index is 10.1. The van der Waals surface area contributed by atoms with Crippen molar-refractivity contribution < 1.29 is 20.1 Å². The average molecular weight is 368 g/mol. The van der Waals surface area contributed by atoms with Crippen molar-refractivity contribution in [3.8, 4) is 0 Å². The molecule has 1 saturated heterocycles. The summed E-state index contributed by atoms with van der Waals surface area (Å²) in [5.74, 6) is 0.283. The summed E-state index contributed by atoms with van der Waals surface area (Å²) in [5.41, 5.74) is 12.7. The highest BCUT2D eigenvalue weighted by molar-refractivity contribution is 5.89. The number of nitrogens with two attached hydrogens (primary N) is 2. The number of nitrogens with zero attached hydrogens (tertiary/aromatic N) is 3. The standard InChI is InChI=1S/C12H17N5O4.2ClH/c13-1-5-2-17(11-7(5)10(14)15-4-16-11)12-9(20)8(19)6(3-18)21-12;;/h2,4,6,8-9,12,18-20H,1,3,13H2,(H2,14,15,16);2*1H/t6-,8-,9-,12-;;/m1../s1. The Morgan fingerprint density at radius 1 is 1.22 bits per heavy atom. The monoisotopic (exact) mass is 367 g/mol. The van der Waals surface area contributed by atoms with Gasteiger partial charge in [-0.1, -0.05) is 0 Å². The molecule has 1 fully saturated rings. The van der Waals surface area contributed by atoms with Crippen LogP contribution in [0.5, 0.6) is 0 Å². The molecule has 130 valence electrons. The Balaban J connectivity index is 0.00000132. The molecule has 3 rings (SSSR count). The van der Waals surface area contributed by atoms with Crippen LogP contribution in [-0.4, -0.2) is 54.8 Å². The lowest BCUT2D eigenvalue weighted by Gasteiger charge is -2.17. The summed E-state index contributed by atoms with van der Waals surface area (Å²) in [6.45, 7) is -0.176. The van der Waals surface area contributed by atoms with Gasteiger partial charge in [-0.25, -0.2) is 9.97 Å². The largest absolute Gasteiger partial charge is 0.394 e. The highest BCUT2D eigenvalue weighted by atomic mass is 35.5. The third kappa shape index (κ3) is 3.09. The summed E-state index contributed by atoms with van der Waals surface area (Å²) >= 11 is 0. The number of hydrogen-bond donors (Lipinski definition) is 5. The van der Waals surface area contributed by atoms with Crippen molar-refractivity contribution >= 4 is 41.7 Å². The smallest absolute Gasteiger partial charge is 0.164 e. The number of halogens is 2. The second kappa shape index (κ2) is 7.58. The van der Waals surface area contributed by atoms with Gasteiger partial charge in [-0.3, -0.25) is 0 Å². The first-order valence-corrected chi connectivity index (χ1v) is 6.51. The van der Waals surface area contributed by atoms with Gasteiger partial charge in [0.15, 0.2) is 6.23 Å². The minimum Gasteiger partial charge on any atom is -0.394 e. The van der Waals surface area contributed by atoms with Crippen LogP contribution in [0.25, 0.3) is 11.0 Å². The van der Waals surface area contributed by atoms with Crippen LogP contribution in [0.3, 0.4) is 0 Å². The predicted molar refractivity (Wildman–Crippen MR) is 87.3 cm³/mol. The van der Waals surface area contributed by atoms with Crippen LogP contribution in [0.4, 0.5) is 5.82 Å². The molecule has 23 heavy (non-hydrogen) atoms. The van der Waals surface area contributed by atoms with Gasteiger partial charge in [0.2, 0.25) is 0 Å². The van der Waals surface area contributed by atoms with Gasteiger partial charge in [-0.05, 0) is 5.56 Å². The molecule has 0 aromatic carbocycles. The van der Waals surface area contributed by atoms with Crippen LogP contribution in [0.15, 0.2) is 12.5 Å². The molecule has 0 spiro atoms. The molecule has 9 nitrogen and oxygen atoms in total. The van der Waals surface area contributed by atoms with E-state index in [1.165, 1.54) is 6.33 Å². The van der Waals surface area contributed by atoms with E-state index >= 15 is 0 Å². The maximum Gasteiger partial charge on any atom is 0.164 e. The lowest BCUT2D eigenvalue weighted by Crippen LogP contribution is -2.33. The van der Waals surface area contributed by atoms with Gasteiger partial charge in [0, 0.05) is 12.7 Å². The van der Waals surface area contributed by atoms with Crippen LogP contribution < -0.4 is 11.5 Å². The number of anilines is 1. The fraction of sp³-hybridized carbons (Fsp3) is 0.500. The van der Waals surface area contributed by atoms with E-state index in [1.807, 2.05) is 0 Å². The van der Waals surface area contributed by atoms with Crippen molar-refractivity contribution in [3.05, 3.63) is 18.1 Å². The van der Waals surface area contributed by atoms with E-state index < -0.39 is 31.1 Å². The molecule has 7 N–H and O–H groups in total. The van der Waals surface area contributed by atoms with E-state index in [0.29, 0.717) is 16.6 Å². The van der Waals surface area contributed by atoms with Crippen molar-refractivity contribution in [1.82, 2.24) is 14.5 Å².